The van der Waals surface area contributed by atoms with Gasteiger partial charge in [0.15, 0.2) is 11.6 Å². The highest BCUT2D eigenvalue weighted by atomic mass is 32.1. The molecule has 0 aliphatic carbocycles. The monoisotopic (exact) mass is 239 g/mol. The fourth-order valence-electron chi connectivity index (χ4n) is 1.46. The Kier molecular flexibility index (Phi) is 3.19. The van der Waals surface area contributed by atoms with E-state index in [0.717, 1.165) is 10.9 Å². The SMILES string of the molecule is CC(Nc1cccc(F)c1F)c1cccs1. The summed E-state index contributed by atoms with van der Waals surface area (Å²) in [7, 11) is 0. The average molecular weight is 239 g/mol. The molecule has 1 atom stereocenters. The maximum atomic E-state index is 13.4. The zero-order chi connectivity index (χ0) is 11.5. The molecule has 1 nitrogen and oxygen atoms in total. The van der Waals surface area contributed by atoms with Gasteiger partial charge in [-0.2, -0.15) is 0 Å². The highest BCUT2D eigenvalue weighted by molar-refractivity contribution is 7.10. The van der Waals surface area contributed by atoms with Gasteiger partial charge in [-0.15, -0.1) is 11.3 Å². The molecule has 1 aromatic heterocycles. The Morgan fingerprint density at radius 2 is 2.00 bits per heavy atom. The Balaban J connectivity index is 2.18. The smallest absolute Gasteiger partial charge is 0.181 e. The van der Waals surface area contributed by atoms with E-state index in [1.54, 1.807) is 11.3 Å². The molecule has 4 heteroatoms. The van der Waals surface area contributed by atoms with Crippen LogP contribution in [0.15, 0.2) is 35.7 Å². The Hall–Kier alpha value is -1.42. The van der Waals surface area contributed by atoms with Gasteiger partial charge < -0.3 is 5.32 Å². The van der Waals surface area contributed by atoms with Gasteiger partial charge in [0.2, 0.25) is 0 Å². The third kappa shape index (κ3) is 2.22. The molecule has 0 saturated carbocycles. The number of benzene rings is 1. The predicted octanol–water partition coefficient (Wildman–Crippen LogP) is 4.20. The van der Waals surface area contributed by atoms with Gasteiger partial charge in [-0.1, -0.05) is 12.1 Å². The molecule has 0 amide bonds. The Bertz CT molecular complexity index is 468. The van der Waals surface area contributed by atoms with Gasteiger partial charge in [-0.3, -0.25) is 0 Å². The molecular weight excluding hydrogens is 228 g/mol. The third-order valence-electron chi connectivity index (χ3n) is 2.29. The lowest BCUT2D eigenvalue weighted by molar-refractivity contribution is 0.510. The zero-order valence-corrected chi connectivity index (χ0v) is 9.52. The van der Waals surface area contributed by atoms with E-state index in [9.17, 15) is 8.78 Å². The zero-order valence-electron chi connectivity index (χ0n) is 8.71. The van der Waals surface area contributed by atoms with E-state index in [0.29, 0.717) is 0 Å². The van der Waals surface area contributed by atoms with E-state index in [-0.39, 0.29) is 11.7 Å². The van der Waals surface area contributed by atoms with Crippen molar-refractivity contribution in [3.8, 4) is 0 Å². The molecule has 1 aromatic carbocycles. The molecule has 2 aromatic rings. The molecule has 16 heavy (non-hydrogen) atoms. The van der Waals surface area contributed by atoms with E-state index >= 15 is 0 Å². The van der Waals surface area contributed by atoms with Crippen LogP contribution in [0.2, 0.25) is 0 Å². The minimum atomic E-state index is -0.830. The van der Waals surface area contributed by atoms with Gasteiger partial charge in [0, 0.05) is 4.88 Å². The minimum Gasteiger partial charge on any atom is -0.375 e. The fourth-order valence-corrected chi connectivity index (χ4v) is 2.19. The Morgan fingerprint density at radius 1 is 1.19 bits per heavy atom. The van der Waals surface area contributed by atoms with Gasteiger partial charge in [-0.25, -0.2) is 8.78 Å². The van der Waals surface area contributed by atoms with Crippen LogP contribution in [0.25, 0.3) is 0 Å². The molecule has 0 spiro atoms. The normalized spacial score (nSPS) is 12.4. The number of halogens is 2. The average Bonchev–Trinajstić information content (AvgIpc) is 2.78. The molecule has 0 aliphatic heterocycles. The first-order valence-corrected chi connectivity index (χ1v) is 5.80. The largest absolute Gasteiger partial charge is 0.375 e. The van der Waals surface area contributed by atoms with Crippen LogP contribution in [0.3, 0.4) is 0 Å². The van der Waals surface area contributed by atoms with Crippen LogP contribution in [0.4, 0.5) is 14.5 Å². The van der Waals surface area contributed by atoms with E-state index < -0.39 is 11.6 Å². The molecule has 0 saturated heterocycles. The predicted molar refractivity (Wildman–Crippen MR) is 62.7 cm³/mol. The van der Waals surface area contributed by atoms with E-state index in [1.165, 1.54) is 12.1 Å². The quantitative estimate of drug-likeness (QED) is 0.846. The summed E-state index contributed by atoms with van der Waals surface area (Å²) in [5.41, 5.74) is 0.195. The third-order valence-corrected chi connectivity index (χ3v) is 3.35. The van der Waals surface area contributed by atoms with Crippen LogP contribution < -0.4 is 5.32 Å². The van der Waals surface area contributed by atoms with Crippen LogP contribution in [0.5, 0.6) is 0 Å². The summed E-state index contributed by atoms with van der Waals surface area (Å²) in [6.07, 6.45) is 0. The first kappa shape index (κ1) is 11.1. The number of nitrogens with one attached hydrogen (secondary N) is 1. The summed E-state index contributed by atoms with van der Waals surface area (Å²) < 4.78 is 26.3. The van der Waals surface area contributed by atoms with E-state index in [2.05, 4.69) is 5.32 Å². The van der Waals surface area contributed by atoms with Crippen molar-refractivity contribution in [1.29, 1.82) is 0 Å². The minimum absolute atomic E-state index is 0.0312. The van der Waals surface area contributed by atoms with Crippen LogP contribution in [0.1, 0.15) is 17.8 Å². The van der Waals surface area contributed by atoms with Crippen molar-refractivity contribution < 1.29 is 8.78 Å². The second-order valence-electron chi connectivity index (χ2n) is 3.48. The lowest BCUT2D eigenvalue weighted by atomic mass is 10.2. The van der Waals surface area contributed by atoms with Gasteiger partial charge >= 0.3 is 0 Å². The lowest BCUT2D eigenvalue weighted by Gasteiger charge is -2.14. The molecule has 0 radical (unpaired) electrons. The van der Waals surface area contributed by atoms with Crippen LogP contribution >= 0.6 is 11.3 Å². The van der Waals surface area contributed by atoms with Crippen molar-refractivity contribution in [1.82, 2.24) is 0 Å². The molecule has 1 heterocycles. The summed E-state index contributed by atoms with van der Waals surface area (Å²) >= 11 is 1.58. The topological polar surface area (TPSA) is 12.0 Å². The number of thiophene rings is 1. The van der Waals surface area contributed by atoms with Crippen molar-refractivity contribution in [3.05, 3.63) is 52.2 Å². The maximum absolute atomic E-state index is 13.4. The summed E-state index contributed by atoms with van der Waals surface area (Å²) in [6.45, 7) is 1.91. The van der Waals surface area contributed by atoms with E-state index in [4.69, 9.17) is 0 Å². The summed E-state index contributed by atoms with van der Waals surface area (Å²) in [4.78, 5) is 1.09. The van der Waals surface area contributed by atoms with Crippen molar-refractivity contribution >= 4 is 17.0 Å². The van der Waals surface area contributed by atoms with Crippen LogP contribution in [0, 0.1) is 11.6 Å². The highest BCUT2D eigenvalue weighted by Crippen LogP contribution is 2.25. The lowest BCUT2D eigenvalue weighted by Crippen LogP contribution is -2.07. The standard InChI is InChI=1S/C12H11F2NS/c1-8(11-6-3-7-16-11)15-10-5-2-4-9(13)12(10)14/h2-8,15H,1H3. The van der Waals surface area contributed by atoms with Crippen molar-refractivity contribution in [3.63, 3.8) is 0 Å². The van der Waals surface area contributed by atoms with Gasteiger partial charge in [0.05, 0.1) is 11.7 Å². The van der Waals surface area contributed by atoms with Crippen molar-refractivity contribution in [2.45, 2.75) is 13.0 Å². The fraction of sp³-hybridized carbons (Fsp3) is 0.167. The number of rotatable bonds is 3. The molecule has 0 bridgehead atoms. The second-order valence-corrected chi connectivity index (χ2v) is 4.46. The number of anilines is 1. The molecule has 1 N–H and O–H groups in total. The molecule has 1 unspecified atom stereocenters. The summed E-state index contributed by atoms with van der Waals surface area (Å²) in [5.74, 6) is -1.66. The number of hydrogen-bond acceptors (Lipinski definition) is 2. The first-order chi connectivity index (χ1) is 7.68. The molecule has 0 aliphatic rings. The highest BCUT2D eigenvalue weighted by Gasteiger charge is 2.11. The second kappa shape index (κ2) is 4.61. The molecule has 84 valence electrons. The van der Waals surface area contributed by atoms with Crippen LogP contribution in [-0.2, 0) is 0 Å². The molecule has 2 rings (SSSR count). The van der Waals surface area contributed by atoms with Crippen molar-refractivity contribution in [2.75, 3.05) is 5.32 Å². The Morgan fingerprint density at radius 3 is 2.69 bits per heavy atom. The summed E-state index contributed by atoms with van der Waals surface area (Å²) in [6, 6.07) is 7.98. The first-order valence-electron chi connectivity index (χ1n) is 4.92. The van der Waals surface area contributed by atoms with E-state index in [1.807, 2.05) is 24.4 Å². The van der Waals surface area contributed by atoms with Crippen LogP contribution in [-0.4, -0.2) is 0 Å². The Labute approximate surface area is 96.7 Å². The maximum Gasteiger partial charge on any atom is 0.181 e. The number of hydrogen-bond donors (Lipinski definition) is 1. The molecular formula is C12H11F2NS. The van der Waals surface area contributed by atoms with Crippen molar-refractivity contribution in [2.24, 2.45) is 0 Å². The van der Waals surface area contributed by atoms with Gasteiger partial charge in [0.1, 0.15) is 0 Å². The summed E-state index contributed by atoms with van der Waals surface area (Å²) in [5, 5.41) is 4.90. The molecule has 0 fully saturated rings. The van der Waals surface area contributed by atoms with Gasteiger partial charge in [-0.05, 0) is 30.5 Å². The van der Waals surface area contributed by atoms with Gasteiger partial charge in [0.25, 0.3) is 0 Å².